The van der Waals surface area contributed by atoms with Crippen LogP contribution < -0.4 is 5.19 Å². The van der Waals surface area contributed by atoms with Crippen LogP contribution in [0.15, 0.2) is 85.0 Å². The maximum Gasteiger partial charge on any atom is 0.276 e. The molecule has 0 amide bonds. The van der Waals surface area contributed by atoms with E-state index in [9.17, 15) is 4.39 Å². The summed E-state index contributed by atoms with van der Waals surface area (Å²) in [6, 6.07) is 17.1. The first-order chi connectivity index (χ1) is 14.3. The van der Waals surface area contributed by atoms with Gasteiger partial charge in [0.2, 0.25) is 0 Å². The van der Waals surface area contributed by atoms with Gasteiger partial charge in [0.05, 0.1) is 0 Å². The largest absolute Gasteiger partial charge is 0.539 e. The summed E-state index contributed by atoms with van der Waals surface area (Å²) in [6.45, 7) is 9.32. The van der Waals surface area contributed by atoms with Crippen LogP contribution in [0.3, 0.4) is 0 Å². The fourth-order valence-corrected chi connectivity index (χ4v) is 7.77. The van der Waals surface area contributed by atoms with Gasteiger partial charge in [0.1, 0.15) is 11.6 Å². The van der Waals surface area contributed by atoms with E-state index in [0.717, 1.165) is 30.6 Å². The molecule has 1 aliphatic rings. The van der Waals surface area contributed by atoms with Crippen LogP contribution in [0.2, 0.25) is 31.2 Å². The highest BCUT2D eigenvalue weighted by Gasteiger charge is 2.31. The van der Waals surface area contributed by atoms with Crippen molar-refractivity contribution in [2.24, 2.45) is 0 Å². The Morgan fingerprint density at radius 3 is 2.37 bits per heavy atom. The molecule has 4 heteroatoms. The van der Waals surface area contributed by atoms with E-state index >= 15 is 0 Å². The Kier molecular flexibility index (Phi) is 7.32. The Labute approximate surface area is 183 Å². The molecular weight excluding hydrogens is 403 g/mol. The molecule has 0 fully saturated rings. The molecular formula is C26H33FOSi2. The zero-order valence-corrected chi connectivity index (χ0v) is 20.7. The van der Waals surface area contributed by atoms with Gasteiger partial charge < -0.3 is 4.43 Å². The van der Waals surface area contributed by atoms with Crippen LogP contribution in [-0.2, 0) is 4.43 Å². The molecule has 2 aromatic rings. The third-order valence-corrected chi connectivity index (χ3v) is 11.7. The van der Waals surface area contributed by atoms with Gasteiger partial charge in [-0.2, -0.15) is 0 Å². The van der Waals surface area contributed by atoms with E-state index in [0.29, 0.717) is 5.04 Å². The topological polar surface area (TPSA) is 9.23 Å². The van der Waals surface area contributed by atoms with Crippen LogP contribution in [0.4, 0.5) is 4.39 Å². The normalized spacial score (nSPS) is 19.3. The Balaban J connectivity index is 1.85. The summed E-state index contributed by atoms with van der Waals surface area (Å²) in [6.07, 6.45) is 14.6. The predicted molar refractivity (Wildman–Crippen MR) is 133 cm³/mol. The minimum atomic E-state index is -2.15. The summed E-state index contributed by atoms with van der Waals surface area (Å²) in [5.41, 5.74) is 0.947. The molecule has 0 saturated heterocycles. The lowest BCUT2D eigenvalue weighted by molar-refractivity contribution is 0.515. The van der Waals surface area contributed by atoms with Crippen LogP contribution >= 0.6 is 0 Å². The molecule has 2 aromatic carbocycles. The van der Waals surface area contributed by atoms with Crippen molar-refractivity contribution in [2.45, 2.75) is 50.5 Å². The number of allylic oxidation sites excluding steroid dienone is 5. The number of rotatable bonds is 8. The Morgan fingerprint density at radius 2 is 1.77 bits per heavy atom. The molecule has 3 rings (SSSR count). The summed E-state index contributed by atoms with van der Waals surface area (Å²) in [5, 5.41) is 1.58. The highest BCUT2D eigenvalue weighted by molar-refractivity contribution is 6.85. The molecule has 0 aliphatic heterocycles. The monoisotopic (exact) mass is 436 g/mol. The fourth-order valence-electron chi connectivity index (χ4n) is 4.06. The Bertz CT molecular complexity index is 914. The van der Waals surface area contributed by atoms with Gasteiger partial charge in [-0.25, -0.2) is 4.39 Å². The molecule has 30 heavy (non-hydrogen) atoms. The van der Waals surface area contributed by atoms with E-state index in [1.54, 1.807) is 0 Å². The van der Waals surface area contributed by atoms with Crippen molar-refractivity contribution in [3.8, 4) is 0 Å². The highest BCUT2D eigenvalue weighted by atomic mass is 28.4. The second kappa shape index (κ2) is 9.75. The van der Waals surface area contributed by atoms with Crippen molar-refractivity contribution in [3.05, 3.63) is 96.4 Å². The first kappa shape index (κ1) is 22.5. The summed E-state index contributed by atoms with van der Waals surface area (Å²) in [5.74, 6) is 0.660. The van der Waals surface area contributed by atoms with Crippen molar-refractivity contribution < 1.29 is 8.82 Å². The average Bonchev–Trinajstić information content (AvgIpc) is 2.75. The van der Waals surface area contributed by atoms with Crippen molar-refractivity contribution in [2.75, 3.05) is 0 Å². The Morgan fingerprint density at radius 1 is 1.07 bits per heavy atom. The summed E-state index contributed by atoms with van der Waals surface area (Å²) >= 11 is 0. The zero-order valence-electron chi connectivity index (χ0n) is 18.6. The minimum Gasteiger partial charge on any atom is -0.539 e. The molecule has 0 radical (unpaired) electrons. The molecule has 0 spiro atoms. The molecule has 158 valence electrons. The summed E-state index contributed by atoms with van der Waals surface area (Å²) < 4.78 is 20.2. The van der Waals surface area contributed by atoms with E-state index in [-0.39, 0.29) is 5.82 Å². The number of halogens is 1. The van der Waals surface area contributed by atoms with Crippen molar-refractivity contribution in [1.82, 2.24) is 0 Å². The zero-order chi connectivity index (χ0) is 21.6. The van der Waals surface area contributed by atoms with E-state index < -0.39 is 17.1 Å². The fraction of sp³-hybridized carbons (Fsp3) is 0.308. The maximum atomic E-state index is 13.5. The maximum absolute atomic E-state index is 13.5. The second-order valence-corrected chi connectivity index (χ2v) is 16.2. The second-order valence-electron chi connectivity index (χ2n) is 8.97. The van der Waals surface area contributed by atoms with Gasteiger partial charge in [0, 0.05) is 14.4 Å². The highest BCUT2D eigenvalue weighted by Crippen LogP contribution is 2.44. The number of hydrogen-bond donors (Lipinski definition) is 0. The SMILES string of the molecule is C[SiH](C)C1(CC/C=C(\O[Si](C)(C)c2ccccc2)c2ccc(F)cc2)C=CC=CC1. The third kappa shape index (κ3) is 5.49. The Hall–Kier alpha value is -2.18. The molecule has 0 saturated carbocycles. The predicted octanol–water partition coefficient (Wildman–Crippen LogP) is 6.82. The van der Waals surface area contributed by atoms with Gasteiger partial charge >= 0.3 is 0 Å². The van der Waals surface area contributed by atoms with Crippen LogP contribution in [0.1, 0.15) is 24.8 Å². The molecule has 1 nitrogen and oxygen atoms in total. The van der Waals surface area contributed by atoms with E-state index in [1.165, 1.54) is 17.3 Å². The molecule has 1 atom stereocenters. The lowest BCUT2D eigenvalue weighted by Crippen LogP contribution is -2.44. The van der Waals surface area contributed by atoms with Gasteiger partial charge in [-0.15, -0.1) is 0 Å². The minimum absolute atomic E-state index is 0.221. The lowest BCUT2D eigenvalue weighted by Gasteiger charge is -2.35. The molecule has 0 aromatic heterocycles. The molecule has 0 N–H and O–H groups in total. The summed E-state index contributed by atoms with van der Waals surface area (Å²) in [4.78, 5) is 0. The quantitative estimate of drug-likeness (QED) is 0.326. The van der Waals surface area contributed by atoms with Gasteiger partial charge in [-0.05, 0) is 72.9 Å². The van der Waals surface area contributed by atoms with Gasteiger partial charge in [-0.1, -0.05) is 67.7 Å². The first-order valence-corrected chi connectivity index (χ1v) is 16.7. The van der Waals surface area contributed by atoms with Crippen LogP contribution in [0, 0.1) is 5.82 Å². The van der Waals surface area contributed by atoms with Gasteiger partial charge in [0.25, 0.3) is 8.32 Å². The smallest absolute Gasteiger partial charge is 0.276 e. The summed E-state index contributed by atoms with van der Waals surface area (Å²) in [7, 11) is -3.02. The lowest BCUT2D eigenvalue weighted by atomic mass is 9.93. The van der Waals surface area contributed by atoms with Crippen molar-refractivity contribution >= 4 is 28.1 Å². The number of benzene rings is 2. The number of hydrogen-bond acceptors (Lipinski definition) is 1. The average molecular weight is 437 g/mol. The molecule has 1 aliphatic carbocycles. The van der Waals surface area contributed by atoms with Crippen molar-refractivity contribution in [1.29, 1.82) is 0 Å². The molecule has 0 bridgehead atoms. The van der Waals surface area contributed by atoms with E-state index in [2.05, 4.69) is 80.8 Å². The van der Waals surface area contributed by atoms with E-state index in [1.807, 2.05) is 18.2 Å². The van der Waals surface area contributed by atoms with Crippen LogP contribution in [0.5, 0.6) is 0 Å². The first-order valence-electron chi connectivity index (χ1n) is 10.9. The van der Waals surface area contributed by atoms with Crippen LogP contribution in [-0.4, -0.2) is 17.1 Å². The van der Waals surface area contributed by atoms with Gasteiger partial charge in [-0.3, -0.25) is 0 Å². The van der Waals surface area contributed by atoms with E-state index in [4.69, 9.17) is 4.43 Å². The standard InChI is InChI=1S/C26H33FOSi2/c1-29(2)26(19-9-6-10-20-26)21-11-14-25(22-15-17-23(27)18-16-22)28-30(3,4)24-12-7-5-8-13-24/h5-10,12-19,29H,11,20-21H2,1-4H3/b25-14-. The van der Waals surface area contributed by atoms with Crippen molar-refractivity contribution in [3.63, 3.8) is 0 Å². The van der Waals surface area contributed by atoms with Crippen LogP contribution in [0.25, 0.3) is 5.76 Å². The van der Waals surface area contributed by atoms with Gasteiger partial charge in [0.15, 0.2) is 0 Å². The molecule has 1 unspecified atom stereocenters. The third-order valence-electron chi connectivity index (χ3n) is 6.23. The molecule has 0 heterocycles.